The average molecular weight is 203 g/mol. The quantitative estimate of drug-likeness (QED) is 0.760. The molecule has 0 radical (unpaired) electrons. The third-order valence-electron chi connectivity index (χ3n) is 1.98. The number of ether oxygens (including phenoxy) is 1. The lowest BCUT2D eigenvalue weighted by atomic mass is 10.3. The van der Waals surface area contributed by atoms with Gasteiger partial charge in [-0.25, -0.2) is 4.39 Å². The third-order valence-corrected chi connectivity index (χ3v) is 1.98. The van der Waals surface area contributed by atoms with Crippen LogP contribution in [0.5, 0.6) is 11.5 Å². The van der Waals surface area contributed by atoms with Crippen molar-refractivity contribution >= 4 is 5.69 Å². The van der Waals surface area contributed by atoms with Gasteiger partial charge in [0.1, 0.15) is 5.75 Å². The van der Waals surface area contributed by atoms with Crippen molar-refractivity contribution in [3.63, 3.8) is 0 Å². The summed E-state index contributed by atoms with van der Waals surface area (Å²) in [4.78, 5) is 0. The maximum Gasteiger partial charge on any atom is 0.165 e. The van der Waals surface area contributed by atoms with Gasteiger partial charge in [-0.2, -0.15) is 0 Å². The molecule has 2 nitrogen and oxygen atoms in total. The molecule has 0 atom stereocenters. The number of rotatable bonds is 2. The topological polar surface area (TPSA) is 35.2 Å². The highest BCUT2D eigenvalue weighted by Crippen LogP contribution is 2.28. The molecule has 2 aromatic rings. The van der Waals surface area contributed by atoms with Gasteiger partial charge in [-0.15, -0.1) is 0 Å². The summed E-state index contributed by atoms with van der Waals surface area (Å²) >= 11 is 0. The van der Waals surface area contributed by atoms with Crippen molar-refractivity contribution in [2.24, 2.45) is 0 Å². The minimum atomic E-state index is -0.402. The number of halogens is 1. The lowest BCUT2D eigenvalue weighted by Gasteiger charge is -2.08. The minimum absolute atomic E-state index is 0.176. The fraction of sp³-hybridized carbons (Fsp3) is 0. The molecular formula is C12H10FNO. The van der Waals surface area contributed by atoms with Crippen molar-refractivity contribution < 1.29 is 9.13 Å². The number of nitrogens with two attached hydrogens (primary N) is 1. The van der Waals surface area contributed by atoms with Crippen molar-refractivity contribution in [3.8, 4) is 11.5 Å². The van der Waals surface area contributed by atoms with E-state index >= 15 is 0 Å². The molecule has 2 N–H and O–H groups in total. The zero-order valence-corrected chi connectivity index (χ0v) is 7.98. The predicted octanol–water partition coefficient (Wildman–Crippen LogP) is 3.20. The van der Waals surface area contributed by atoms with E-state index in [4.69, 9.17) is 10.5 Å². The normalized spacial score (nSPS) is 9.93. The van der Waals surface area contributed by atoms with Gasteiger partial charge in [-0.1, -0.05) is 24.3 Å². The van der Waals surface area contributed by atoms with Gasteiger partial charge in [-0.05, 0) is 24.3 Å². The average Bonchev–Trinajstić information content (AvgIpc) is 2.24. The molecular weight excluding hydrogens is 193 g/mol. The van der Waals surface area contributed by atoms with Gasteiger partial charge < -0.3 is 10.5 Å². The van der Waals surface area contributed by atoms with Crippen LogP contribution in [0.4, 0.5) is 10.1 Å². The molecule has 3 heteroatoms. The van der Waals surface area contributed by atoms with E-state index in [-0.39, 0.29) is 5.75 Å². The Labute approximate surface area is 87.1 Å². The second kappa shape index (κ2) is 4.00. The van der Waals surface area contributed by atoms with Crippen LogP contribution < -0.4 is 10.5 Å². The third kappa shape index (κ3) is 2.07. The van der Waals surface area contributed by atoms with E-state index in [0.29, 0.717) is 11.4 Å². The lowest BCUT2D eigenvalue weighted by molar-refractivity contribution is 0.444. The molecule has 0 aliphatic heterocycles. The molecule has 0 bridgehead atoms. The maximum absolute atomic E-state index is 13.2. The van der Waals surface area contributed by atoms with Crippen molar-refractivity contribution in [3.05, 3.63) is 54.3 Å². The molecule has 0 heterocycles. The Hall–Kier alpha value is -2.03. The first-order chi connectivity index (χ1) is 7.27. The predicted molar refractivity (Wildman–Crippen MR) is 57.3 cm³/mol. The Morgan fingerprint density at radius 1 is 0.867 bits per heavy atom. The molecule has 0 fully saturated rings. The molecule has 0 aliphatic rings. The standard InChI is InChI=1S/C12H10FNO/c13-9-5-1-3-7-11(9)15-12-8-4-2-6-10(12)14/h1-8H,14H2. The number of hydrogen-bond acceptors (Lipinski definition) is 2. The van der Waals surface area contributed by atoms with Crippen molar-refractivity contribution in [2.75, 3.05) is 5.73 Å². The van der Waals surface area contributed by atoms with E-state index in [9.17, 15) is 4.39 Å². The highest BCUT2D eigenvalue weighted by atomic mass is 19.1. The van der Waals surface area contributed by atoms with Gasteiger partial charge in [0, 0.05) is 0 Å². The number of anilines is 1. The van der Waals surface area contributed by atoms with Crippen LogP contribution >= 0.6 is 0 Å². The smallest absolute Gasteiger partial charge is 0.165 e. The van der Waals surface area contributed by atoms with Crippen LogP contribution in [0, 0.1) is 5.82 Å². The maximum atomic E-state index is 13.2. The Kier molecular flexibility index (Phi) is 2.54. The van der Waals surface area contributed by atoms with Gasteiger partial charge in [0.25, 0.3) is 0 Å². The van der Waals surface area contributed by atoms with Crippen LogP contribution in [0.1, 0.15) is 0 Å². The highest BCUT2D eigenvalue weighted by molar-refractivity contribution is 5.53. The molecule has 0 spiro atoms. The molecule has 2 rings (SSSR count). The molecule has 0 aliphatic carbocycles. The van der Waals surface area contributed by atoms with Gasteiger partial charge >= 0.3 is 0 Å². The first-order valence-electron chi connectivity index (χ1n) is 4.54. The summed E-state index contributed by atoms with van der Waals surface area (Å²) < 4.78 is 18.6. The summed E-state index contributed by atoms with van der Waals surface area (Å²) in [5, 5.41) is 0. The van der Waals surface area contributed by atoms with Crippen LogP contribution in [0.15, 0.2) is 48.5 Å². The number of hydrogen-bond donors (Lipinski definition) is 1. The van der Waals surface area contributed by atoms with Crippen molar-refractivity contribution in [2.45, 2.75) is 0 Å². The molecule has 76 valence electrons. The van der Waals surface area contributed by atoms with Crippen LogP contribution in [0.3, 0.4) is 0 Å². The zero-order chi connectivity index (χ0) is 10.7. The van der Waals surface area contributed by atoms with Gasteiger partial charge in [0.05, 0.1) is 5.69 Å². The van der Waals surface area contributed by atoms with Gasteiger partial charge in [0.15, 0.2) is 11.6 Å². The van der Waals surface area contributed by atoms with Crippen molar-refractivity contribution in [1.82, 2.24) is 0 Å². The summed E-state index contributed by atoms with van der Waals surface area (Å²) in [5.74, 6) is 0.235. The van der Waals surface area contributed by atoms with Gasteiger partial charge in [0.2, 0.25) is 0 Å². The number of nitrogen functional groups attached to an aromatic ring is 1. The Morgan fingerprint density at radius 2 is 1.47 bits per heavy atom. The minimum Gasteiger partial charge on any atom is -0.452 e. The molecule has 0 saturated heterocycles. The Balaban J connectivity index is 2.30. The fourth-order valence-electron chi connectivity index (χ4n) is 1.22. The van der Waals surface area contributed by atoms with Gasteiger partial charge in [-0.3, -0.25) is 0 Å². The summed E-state index contributed by atoms with van der Waals surface area (Å²) in [6.07, 6.45) is 0. The van der Waals surface area contributed by atoms with E-state index in [1.165, 1.54) is 6.07 Å². The first-order valence-corrected chi connectivity index (χ1v) is 4.54. The monoisotopic (exact) mass is 203 g/mol. The Bertz CT molecular complexity index is 427. The van der Waals surface area contributed by atoms with E-state index in [0.717, 1.165) is 0 Å². The highest BCUT2D eigenvalue weighted by Gasteiger charge is 2.04. The molecule has 0 saturated carbocycles. The van der Waals surface area contributed by atoms with E-state index < -0.39 is 5.82 Å². The van der Waals surface area contributed by atoms with E-state index in [2.05, 4.69) is 0 Å². The largest absolute Gasteiger partial charge is 0.452 e. The van der Waals surface area contributed by atoms with Crippen LogP contribution in [0.25, 0.3) is 0 Å². The molecule has 2 aromatic carbocycles. The number of benzene rings is 2. The molecule has 0 unspecified atom stereocenters. The van der Waals surface area contributed by atoms with E-state index in [1.807, 2.05) is 0 Å². The van der Waals surface area contributed by atoms with Crippen LogP contribution in [-0.2, 0) is 0 Å². The second-order valence-corrected chi connectivity index (χ2v) is 3.07. The second-order valence-electron chi connectivity index (χ2n) is 3.07. The fourth-order valence-corrected chi connectivity index (χ4v) is 1.22. The molecule has 0 amide bonds. The SMILES string of the molecule is Nc1ccccc1Oc1ccccc1F. The van der Waals surface area contributed by atoms with Crippen molar-refractivity contribution in [1.29, 1.82) is 0 Å². The van der Waals surface area contributed by atoms with Crippen LogP contribution in [0.2, 0.25) is 0 Å². The lowest BCUT2D eigenvalue weighted by Crippen LogP contribution is -1.92. The summed E-state index contributed by atoms with van der Waals surface area (Å²) in [5.41, 5.74) is 6.16. The number of para-hydroxylation sites is 3. The molecule has 0 aromatic heterocycles. The molecule has 15 heavy (non-hydrogen) atoms. The Morgan fingerprint density at radius 3 is 2.13 bits per heavy atom. The zero-order valence-electron chi connectivity index (χ0n) is 7.98. The van der Waals surface area contributed by atoms with E-state index in [1.54, 1.807) is 42.5 Å². The summed E-state index contributed by atoms with van der Waals surface area (Å²) in [6.45, 7) is 0. The first kappa shape index (κ1) is 9.52. The van der Waals surface area contributed by atoms with Crippen LogP contribution in [-0.4, -0.2) is 0 Å². The summed E-state index contributed by atoms with van der Waals surface area (Å²) in [6, 6.07) is 13.2. The summed E-state index contributed by atoms with van der Waals surface area (Å²) in [7, 11) is 0.